The molecule has 1 aliphatic heterocycles. The predicted octanol–water partition coefficient (Wildman–Crippen LogP) is 5.60. The number of benzene rings is 2. The molecule has 0 aliphatic carbocycles. The highest BCUT2D eigenvalue weighted by molar-refractivity contribution is 9.10. The number of rotatable bonds is 7. The molecule has 1 saturated heterocycles. The van der Waals surface area contributed by atoms with Crippen molar-refractivity contribution in [2.24, 2.45) is 0 Å². The molecule has 35 heavy (non-hydrogen) atoms. The highest BCUT2D eigenvalue weighted by atomic mass is 79.9. The Balaban J connectivity index is 1.59. The van der Waals surface area contributed by atoms with Crippen LogP contribution < -0.4 is 14.8 Å². The van der Waals surface area contributed by atoms with Crippen molar-refractivity contribution >= 4 is 63.1 Å². The van der Waals surface area contributed by atoms with Crippen LogP contribution in [0.5, 0.6) is 11.5 Å². The summed E-state index contributed by atoms with van der Waals surface area (Å²) in [7, 11) is 1.47. The number of barbiturate groups is 1. The van der Waals surface area contributed by atoms with Gasteiger partial charge < -0.3 is 13.9 Å². The SMILES string of the molecule is COc1cc(/C=C2\C(=O)NC(=O)N(Cc3ccco3)C2=O)cc(Br)c1OCc1ccc(Cl)c(Cl)c1. The molecule has 0 saturated carbocycles. The van der Waals surface area contributed by atoms with Crippen LogP contribution in [0, 0.1) is 0 Å². The van der Waals surface area contributed by atoms with Crippen molar-refractivity contribution in [2.75, 3.05) is 7.11 Å². The molecule has 4 rings (SSSR count). The van der Waals surface area contributed by atoms with Crippen LogP contribution in [0.15, 0.2) is 63.2 Å². The molecule has 1 aromatic heterocycles. The van der Waals surface area contributed by atoms with Gasteiger partial charge in [0, 0.05) is 0 Å². The first kappa shape index (κ1) is 24.8. The zero-order chi connectivity index (χ0) is 25.1. The zero-order valence-corrected chi connectivity index (χ0v) is 21.2. The van der Waals surface area contributed by atoms with Crippen molar-refractivity contribution in [1.82, 2.24) is 10.2 Å². The van der Waals surface area contributed by atoms with Crippen molar-refractivity contribution < 1.29 is 28.3 Å². The van der Waals surface area contributed by atoms with Gasteiger partial charge in [0.25, 0.3) is 11.8 Å². The second-order valence-corrected chi connectivity index (χ2v) is 9.03. The van der Waals surface area contributed by atoms with Crippen LogP contribution >= 0.6 is 39.1 Å². The number of imide groups is 2. The van der Waals surface area contributed by atoms with E-state index in [-0.39, 0.29) is 18.7 Å². The standard InChI is InChI=1S/C24H17BrCl2N2O6/c1-33-20-10-14(8-17(25)21(20)35-12-13-4-5-18(26)19(27)9-13)7-16-22(30)28-24(32)29(23(16)31)11-15-3-2-6-34-15/h2-10H,11-12H2,1H3,(H,28,30,32)/b16-7+. The minimum atomic E-state index is -0.821. The molecule has 0 unspecified atom stereocenters. The van der Waals surface area contributed by atoms with Gasteiger partial charge in [-0.3, -0.25) is 19.8 Å². The first-order chi connectivity index (χ1) is 16.8. The number of nitrogens with zero attached hydrogens (tertiary/aromatic N) is 1. The second kappa shape index (κ2) is 10.6. The number of amides is 4. The fraction of sp³-hybridized carbons (Fsp3) is 0.125. The molecule has 1 fully saturated rings. The van der Waals surface area contributed by atoms with Gasteiger partial charge in [-0.05, 0) is 69.5 Å². The van der Waals surface area contributed by atoms with Gasteiger partial charge in [0.05, 0.1) is 34.4 Å². The summed E-state index contributed by atoms with van der Waals surface area (Å²) in [4.78, 5) is 38.5. The Kier molecular flexibility index (Phi) is 7.49. The van der Waals surface area contributed by atoms with Crippen LogP contribution in [0.3, 0.4) is 0 Å². The van der Waals surface area contributed by atoms with Gasteiger partial charge in [-0.2, -0.15) is 0 Å². The largest absolute Gasteiger partial charge is 0.493 e. The molecule has 2 heterocycles. The van der Waals surface area contributed by atoms with Crippen molar-refractivity contribution in [1.29, 1.82) is 0 Å². The van der Waals surface area contributed by atoms with Gasteiger partial charge in [0.2, 0.25) is 0 Å². The van der Waals surface area contributed by atoms with Crippen molar-refractivity contribution in [2.45, 2.75) is 13.2 Å². The van der Waals surface area contributed by atoms with Crippen LogP contribution in [0.2, 0.25) is 10.0 Å². The monoisotopic (exact) mass is 578 g/mol. The van der Waals surface area contributed by atoms with Gasteiger partial charge in [-0.25, -0.2) is 4.79 Å². The molecule has 1 N–H and O–H groups in total. The number of ether oxygens (including phenoxy) is 2. The Morgan fingerprint density at radius 3 is 2.60 bits per heavy atom. The van der Waals surface area contributed by atoms with E-state index in [2.05, 4.69) is 21.2 Å². The molecule has 8 nitrogen and oxygen atoms in total. The van der Waals surface area contributed by atoms with Crippen molar-refractivity contribution in [3.05, 3.63) is 85.7 Å². The fourth-order valence-electron chi connectivity index (χ4n) is 3.31. The fourth-order valence-corrected chi connectivity index (χ4v) is 4.21. The lowest BCUT2D eigenvalue weighted by Gasteiger charge is -2.25. The van der Waals surface area contributed by atoms with E-state index in [0.717, 1.165) is 10.5 Å². The number of halogens is 3. The number of carbonyl (C=O) groups is 3. The summed E-state index contributed by atoms with van der Waals surface area (Å²) in [5, 5.41) is 3.03. The first-order valence-electron chi connectivity index (χ1n) is 10.1. The summed E-state index contributed by atoms with van der Waals surface area (Å²) in [5.74, 6) is -0.376. The van der Waals surface area contributed by atoms with Crippen LogP contribution in [0.4, 0.5) is 4.79 Å². The lowest BCUT2D eigenvalue weighted by molar-refractivity contribution is -0.130. The summed E-state index contributed by atoms with van der Waals surface area (Å²) < 4.78 is 17.1. The molecule has 0 bridgehead atoms. The summed E-state index contributed by atoms with van der Waals surface area (Å²) >= 11 is 15.5. The van der Waals surface area contributed by atoms with E-state index < -0.39 is 17.8 Å². The highest BCUT2D eigenvalue weighted by Gasteiger charge is 2.36. The maximum absolute atomic E-state index is 12.9. The molecule has 1 aliphatic rings. The smallest absolute Gasteiger partial charge is 0.331 e. The third-order valence-corrected chi connectivity index (χ3v) is 6.34. The van der Waals surface area contributed by atoms with Crippen LogP contribution in [-0.4, -0.2) is 29.9 Å². The average Bonchev–Trinajstić information content (AvgIpc) is 3.34. The van der Waals surface area contributed by atoms with E-state index in [1.807, 2.05) is 0 Å². The number of methoxy groups -OCH3 is 1. The topological polar surface area (TPSA) is 98.1 Å². The third-order valence-electron chi connectivity index (χ3n) is 5.01. The summed E-state index contributed by atoms with van der Waals surface area (Å²) in [6, 6.07) is 10.9. The minimum absolute atomic E-state index is 0.114. The summed E-state index contributed by atoms with van der Waals surface area (Å²) in [6.07, 6.45) is 2.80. The quantitative estimate of drug-likeness (QED) is 0.289. The van der Waals surface area contributed by atoms with E-state index in [0.29, 0.717) is 37.3 Å². The lowest BCUT2D eigenvalue weighted by Crippen LogP contribution is -2.53. The normalized spacial score (nSPS) is 14.9. The third kappa shape index (κ3) is 5.53. The van der Waals surface area contributed by atoms with E-state index in [1.54, 1.807) is 42.5 Å². The van der Waals surface area contributed by atoms with Gasteiger partial charge in [-0.1, -0.05) is 29.3 Å². The van der Waals surface area contributed by atoms with Gasteiger partial charge in [-0.15, -0.1) is 0 Å². The Morgan fingerprint density at radius 2 is 1.91 bits per heavy atom. The van der Waals surface area contributed by atoms with E-state index in [1.165, 1.54) is 19.4 Å². The predicted molar refractivity (Wildman–Crippen MR) is 132 cm³/mol. The molecule has 2 aromatic carbocycles. The number of furan rings is 1. The van der Waals surface area contributed by atoms with E-state index in [9.17, 15) is 14.4 Å². The Labute approximate surface area is 218 Å². The molecule has 4 amide bonds. The number of nitrogens with one attached hydrogen (secondary N) is 1. The Morgan fingerprint density at radius 1 is 1.11 bits per heavy atom. The van der Waals surface area contributed by atoms with Crippen molar-refractivity contribution in [3.8, 4) is 11.5 Å². The van der Waals surface area contributed by atoms with E-state index >= 15 is 0 Å². The molecule has 180 valence electrons. The number of hydrogen-bond acceptors (Lipinski definition) is 6. The number of carbonyl (C=O) groups excluding carboxylic acids is 3. The molecular weight excluding hydrogens is 563 g/mol. The minimum Gasteiger partial charge on any atom is -0.493 e. The molecule has 0 atom stereocenters. The van der Waals surface area contributed by atoms with Gasteiger partial charge in [0.1, 0.15) is 17.9 Å². The number of urea groups is 1. The van der Waals surface area contributed by atoms with Crippen LogP contribution in [0.1, 0.15) is 16.9 Å². The number of hydrogen-bond donors (Lipinski definition) is 1. The van der Waals surface area contributed by atoms with Gasteiger partial charge in [0.15, 0.2) is 11.5 Å². The van der Waals surface area contributed by atoms with E-state index in [4.69, 9.17) is 37.1 Å². The lowest BCUT2D eigenvalue weighted by atomic mass is 10.1. The summed E-state index contributed by atoms with van der Waals surface area (Å²) in [5.41, 5.74) is 1.06. The molecule has 0 radical (unpaired) electrons. The zero-order valence-electron chi connectivity index (χ0n) is 18.1. The Bertz CT molecular complexity index is 1340. The molecule has 3 aromatic rings. The van der Waals surface area contributed by atoms with Crippen LogP contribution in [0.25, 0.3) is 6.08 Å². The maximum atomic E-state index is 12.9. The summed E-state index contributed by atoms with van der Waals surface area (Å²) in [6.45, 7) is 0.0772. The molecule has 0 spiro atoms. The maximum Gasteiger partial charge on any atom is 0.331 e. The molecular formula is C24H17BrCl2N2O6. The van der Waals surface area contributed by atoms with Gasteiger partial charge >= 0.3 is 6.03 Å². The van der Waals surface area contributed by atoms with Crippen LogP contribution in [-0.2, 0) is 22.7 Å². The highest BCUT2D eigenvalue weighted by Crippen LogP contribution is 2.38. The van der Waals surface area contributed by atoms with Crippen molar-refractivity contribution in [3.63, 3.8) is 0 Å². The first-order valence-corrected chi connectivity index (χ1v) is 11.7. The average molecular weight is 580 g/mol. The Hall–Kier alpha value is -3.27. The second-order valence-electron chi connectivity index (χ2n) is 7.36. The molecule has 11 heteroatoms.